The van der Waals surface area contributed by atoms with E-state index in [9.17, 15) is 8.42 Å². The van der Waals surface area contributed by atoms with E-state index in [-0.39, 0.29) is 11.3 Å². The lowest BCUT2D eigenvalue weighted by molar-refractivity contribution is 0.516. The van der Waals surface area contributed by atoms with Crippen molar-refractivity contribution in [1.29, 1.82) is 0 Å². The molecule has 0 heterocycles. The molecule has 1 aromatic carbocycles. The van der Waals surface area contributed by atoms with Crippen molar-refractivity contribution in [1.82, 2.24) is 5.32 Å². The van der Waals surface area contributed by atoms with Gasteiger partial charge in [0, 0.05) is 16.8 Å². The van der Waals surface area contributed by atoms with E-state index in [4.69, 9.17) is 11.6 Å². The fourth-order valence-corrected chi connectivity index (χ4v) is 3.00. The second kappa shape index (κ2) is 5.19. The van der Waals surface area contributed by atoms with E-state index in [1.165, 1.54) is 11.8 Å². The maximum Gasteiger partial charge on any atom is 0.147 e. The van der Waals surface area contributed by atoms with Crippen LogP contribution in [0.1, 0.15) is 24.8 Å². The van der Waals surface area contributed by atoms with Gasteiger partial charge in [0.25, 0.3) is 0 Å². The maximum atomic E-state index is 11.0. The highest BCUT2D eigenvalue weighted by molar-refractivity contribution is 7.90. The molecule has 1 aliphatic rings. The van der Waals surface area contributed by atoms with E-state index in [1.54, 1.807) is 0 Å². The van der Waals surface area contributed by atoms with Gasteiger partial charge in [0.15, 0.2) is 0 Å². The number of rotatable bonds is 6. The molecule has 0 amide bonds. The van der Waals surface area contributed by atoms with Crippen LogP contribution in [0.2, 0.25) is 5.02 Å². The summed E-state index contributed by atoms with van der Waals surface area (Å²) in [5, 5.41) is 4.21. The van der Waals surface area contributed by atoms with Crippen molar-refractivity contribution in [3.05, 3.63) is 34.9 Å². The monoisotopic (exact) mass is 287 g/mol. The molecule has 1 aliphatic carbocycles. The SMILES string of the molecule is CS(=O)(=O)CCCNC1(c2cccc(Cl)c2)CC1. The highest BCUT2D eigenvalue weighted by atomic mass is 35.5. The first-order valence-corrected chi connectivity index (χ1v) is 8.54. The lowest BCUT2D eigenvalue weighted by Crippen LogP contribution is -2.30. The van der Waals surface area contributed by atoms with Gasteiger partial charge in [0.2, 0.25) is 0 Å². The second-order valence-electron chi connectivity index (χ2n) is 5.00. The Balaban J connectivity index is 1.89. The standard InChI is InChI=1S/C13H18ClNO2S/c1-18(16,17)9-3-8-15-13(6-7-13)11-4-2-5-12(14)10-11/h2,4-5,10,15H,3,6-9H2,1H3. The van der Waals surface area contributed by atoms with E-state index in [0.717, 1.165) is 24.4 Å². The number of benzene rings is 1. The van der Waals surface area contributed by atoms with Gasteiger partial charge < -0.3 is 5.32 Å². The minimum absolute atomic E-state index is 0.0302. The van der Waals surface area contributed by atoms with Gasteiger partial charge in [-0.3, -0.25) is 0 Å². The minimum Gasteiger partial charge on any atom is -0.307 e. The molecule has 18 heavy (non-hydrogen) atoms. The predicted molar refractivity (Wildman–Crippen MR) is 74.7 cm³/mol. The largest absolute Gasteiger partial charge is 0.307 e. The third-order valence-corrected chi connectivity index (χ3v) is 4.55. The Kier molecular flexibility index (Phi) is 3.99. The minimum atomic E-state index is -2.85. The van der Waals surface area contributed by atoms with Gasteiger partial charge in [-0.25, -0.2) is 8.42 Å². The van der Waals surface area contributed by atoms with Crippen molar-refractivity contribution in [3.8, 4) is 0 Å². The summed E-state index contributed by atoms with van der Waals surface area (Å²) < 4.78 is 22.1. The molecule has 0 aliphatic heterocycles. The lowest BCUT2D eigenvalue weighted by atomic mass is 10.1. The average Bonchev–Trinajstić information content (AvgIpc) is 3.04. The van der Waals surface area contributed by atoms with Crippen molar-refractivity contribution < 1.29 is 8.42 Å². The van der Waals surface area contributed by atoms with Crippen molar-refractivity contribution >= 4 is 21.4 Å². The molecule has 1 N–H and O–H groups in total. The first-order chi connectivity index (χ1) is 8.41. The van der Waals surface area contributed by atoms with Crippen LogP contribution in [0.4, 0.5) is 0 Å². The number of hydrogen-bond donors (Lipinski definition) is 1. The summed E-state index contributed by atoms with van der Waals surface area (Å²) in [6.07, 6.45) is 4.11. The van der Waals surface area contributed by atoms with Crippen LogP contribution in [0.5, 0.6) is 0 Å². The zero-order valence-electron chi connectivity index (χ0n) is 10.4. The first kappa shape index (κ1) is 13.8. The molecular weight excluding hydrogens is 270 g/mol. The molecule has 1 saturated carbocycles. The highest BCUT2D eigenvalue weighted by Gasteiger charge is 2.43. The summed E-state index contributed by atoms with van der Waals surface area (Å²) in [6, 6.07) is 7.88. The van der Waals surface area contributed by atoms with Crippen LogP contribution in [0.15, 0.2) is 24.3 Å². The van der Waals surface area contributed by atoms with Crippen LogP contribution >= 0.6 is 11.6 Å². The molecule has 1 aromatic rings. The maximum absolute atomic E-state index is 11.0. The number of sulfone groups is 1. The third-order valence-electron chi connectivity index (χ3n) is 3.28. The van der Waals surface area contributed by atoms with Crippen molar-refractivity contribution in [3.63, 3.8) is 0 Å². The molecule has 0 radical (unpaired) electrons. The Labute approximate surface area is 113 Å². The van der Waals surface area contributed by atoms with E-state index < -0.39 is 9.84 Å². The van der Waals surface area contributed by atoms with Crippen molar-refractivity contribution in [2.75, 3.05) is 18.6 Å². The molecule has 0 unspecified atom stereocenters. The Bertz CT molecular complexity index is 524. The number of halogens is 1. The van der Waals surface area contributed by atoms with Crippen LogP contribution in [0.3, 0.4) is 0 Å². The van der Waals surface area contributed by atoms with Gasteiger partial charge in [-0.2, -0.15) is 0 Å². The summed E-state index contributed by atoms with van der Waals surface area (Å²) in [6.45, 7) is 0.722. The quantitative estimate of drug-likeness (QED) is 0.817. The fourth-order valence-electron chi connectivity index (χ4n) is 2.14. The molecule has 0 saturated heterocycles. The van der Waals surface area contributed by atoms with Crippen LogP contribution in [-0.4, -0.2) is 27.0 Å². The summed E-state index contributed by atoms with van der Waals surface area (Å²) >= 11 is 5.99. The second-order valence-corrected chi connectivity index (χ2v) is 7.70. The van der Waals surface area contributed by atoms with Crippen LogP contribution in [0, 0.1) is 0 Å². The smallest absolute Gasteiger partial charge is 0.147 e. The van der Waals surface area contributed by atoms with Gasteiger partial charge in [-0.05, 0) is 43.5 Å². The van der Waals surface area contributed by atoms with Crippen LogP contribution < -0.4 is 5.32 Å². The third kappa shape index (κ3) is 3.70. The van der Waals surface area contributed by atoms with E-state index in [0.29, 0.717) is 6.42 Å². The molecule has 100 valence electrons. The Morgan fingerprint density at radius 1 is 1.39 bits per heavy atom. The molecule has 0 spiro atoms. The van der Waals surface area contributed by atoms with Gasteiger partial charge in [-0.15, -0.1) is 0 Å². The molecule has 2 rings (SSSR count). The van der Waals surface area contributed by atoms with Gasteiger partial charge in [0.1, 0.15) is 9.84 Å². The van der Waals surface area contributed by atoms with E-state index in [2.05, 4.69) is 11.4 Å². The normalized spacial score (nSPS) is 17.7. The van der Waals surface area contributed by atoms with E-state index >= 15 is 0 Å². The lowest BCUT2D eigenvalue weighted by Gasteiger charge is -2.18. The molecule has 1 fully saturated rings. The van der Waals surface area contributed by atoms with Crippen LogP contribution in [-0.2, 0) is 15.4 Å². The molecule has 0 atom stereocenters. The molecular formula is C13H18ClNO2S. The summed E-state index contributed by atoms with van der Waals surface area (Å²) in [5.74, 6) is 0.242. The fraction of sp³-hybridized carbons (Fsp3) is 0.538. The molecule has 0 aromatic heterocycles. The summed E-state index contributed by atoms with van der Waals surface area (Å²) in [5.41, 5.74) is 1.23. The zero-order valence-corrected chi connectivity index (χ0v) is 12.0. The average molecular weight is 288 g/mol. The number of nitrogens with one attached hydrogen (secondary N) is 1. The highest BCUT2D eigenvalue weighted by Crippen LogP contribution is 2.45. The summed E-state index contributed by atoms with van der Waals surface area (Å²) in [4.78, 5) is 0. The number of hydrogen-bond acceptors (Lipinski definition) is 3. The zero-order chi connectivity index (χ0) is 13.2. The topological polar surface area (TPSA) is 46.2 Å². The van der Waals surface area contributed by atoms with Crippen molar-refractivity contribution in [2.45, 2.75) is 24.8 Å². The van der Waals surface area contributed by atoms with Gasteiger partial charge in [0.05, 0.1) is 5.75 Å². The first-order valence-electron chi connectivity index (χ1n) is 6.10. The van der Waals surface area contributed by atoms with Crippen molar-refractivity contribution in [2.24, 2.45) is 0 Å². The Morgan fingerprint density at radius 3 is 2.67 bits per heavy atom. The van der Waals surface area contributed by atoms with Crippen LogP contribution in [0.25, 0.3) is 0 Å². The molecule has 5 heteroatoms. The van der Waals surface area contributed by atoms with Gasteiger partial charge in [-0.1, -0.05) is 23.7 Å². The molecule has 3 nitrogen and oxygen atoms in total. The predicted octanol–water partition coefficient (Wildman–Crippen LogP) is 2.35. The molecule has 0 bridgehead atoms. The summed E-state index contributed by atoms with van der Waals surface area (Å²) in [7, 11) is -2.85. The van der Waals surface area contributed by atoms with Gasteiger partial charge >= 0.3 is 0 Å². The van der Waals surface area contributed by atoms with E-state index in [1.807, 2.05) is 18.2 Å². The Morgan fingerprint density at radius 2 is 2.11 bits per heavy atom. The Hall–Kier alpha value is -0.580.